The number of carbonyl (C=O) groups is 3. The number of anilines is 1. The number of thiazole rings is 1. The molecular formula is C19H19N3O4S2. The number of hydrogen-bond acceptors (Lipinski definition) is 7. The number of nitrogens with one attached hydrogen (secondary N) is 1. The highest BCUT2D eigenvalue weighted by atomic mass is 32.2. The first kappa shape index (κ1) is 18.9. The van der Waals surface area contributed by atoms with E-state index in [1.807, 2.05) is 32.0 Å². The van der Waals surface area contributed by atoms with Crippen LogP contribution in [-0.2, 0) is 9.53 Å². The molecule has 1 N–H and O–H groups in total. The normalized spacial score (nSPS) is 22.0. The number of fused-ring (bicyclic) bond motifs is 3. The van der Waals surface area contributed by atoms with Crippen LogP contribution in [0.2, 0.25) is 0 Å². The van der Waals surface area contributed by atoms with Crippen molar-refractivity contribution in [1.29, 1.82) is 0 Å². The van der Waals surface area contributed by atoms with E-state index in [1.165, 1.54) is 18.4 Å². The molecule has 0 radical (unpaired) electrons. The fourth-order valence-corrected chi connectivity index (χ4v) is 6.11. The maximum Gasteiger partial charge on any atom is 0.357 e. The minimum Gasteiger partial charge on any atom is -0.464 e. The summed E-state index contributed by atoms with van der Waals surface area (Å²) < 4.78 is 4.23. The first-order valence-corrected chi connectivity index (χ1v) is 10.4. The van der Waals surface area contributed by atoms with Crippen molar-refractivity contribution in [3.05, 3.63) is 46.0 Å². The van der Waals surface area contributed by atoms with Gasteiger partial charge in [0, 0.05) is 15.2 Å². The number of thioether (sulfide) groups is 1. The molecular weight excluding hydrogens is 398 g/mol. The molecule has 4 rings (SSSR count). The van der Waals surface area contributed by atoms with E-state index in [2.05, 4.69) is 10.3 Å². The number of aromatic nitrogens is 1. The predicted molar refractivity (Wildman–Crippen MR) is 108 cm³/mol. The fourth-order valence-electron chi connectivity index (χ4n) is 3.71. The van der Waals surface area contributed by atoms with Gasteiger partial charge in [-0.1, -0.05) is 18.2 Å². The second kappa shape index (κ2) is 6.59. The van der Waals surface area contributed by atoms with Gasteiger partial charge in [-0.15, -0.1) is 23.1 Å². The fraction of sp³-hybridized carbons (Fsp3) is 0.368. The molecule has 0 saturated carbocycles. The van der Waals surface area contributed by atoms with Crippen LogP contribution in [0, 0.1) is 6.92 Å². The average molecular weight is 418 g/mol. The van der Waals surface area contributed by atoms with E-state index in [4.69, 9.17) is 4.74 Å². The van der Waals surface area contributed by atoms with Crippen molar-refractivity contribution in [3.8, 4) is 0 Å². The van der Waals surface area contributed by atoms with E-state index in [0.717, 1.165) is 5.56 Å². The summed E-state index contributed by atoms with van der Waals surface area (Å²) in [6.45, 7) is 5.66. The van der Waals surface area contributed by atoms with Crippen molar-refractivity contribution in [2.75, 3.05) is 12.4 Å². The third-order valence-electron chi connectivity index (χ3n) is 4.95. The number of rotatable bonds is 3. The molecule has 2 aliphatic heterocycles. The van der Waals surface area contributed by atoms with Gasteiger partial charge in [-0.25, -0.2) is 9.78 Å². The van der Waals surface area contributed by atoms with Crippen LogP contribution in [0.1, 0.15) is 50.5 Å². The van der Waals surface area contributed by atoms with Crippen molar-refractivity contribution >= 4 is 46.0 Å². The smallest absolute Gasteiger partial charge is 0.357 e. The summed E-state index contributed by atoms with van der Waals surface area (Å²) in [4.78, 5) is 44.4. The Bertz CT molecular complexity index is 1000. The minimum atomic E-state index is -0.659. The van der Waals surface area contributed by atoms with E-state index in [1.54, 1.807) is 29.7 Å². The lowest BCUT2D eigenvalue weighted by molar-refractivity contribution is -0.121. The van der Waals surface area contributed by atoms with Gasteiger partial charge in [0.05, 0.1) is 7.11 Å². The molecule has 0 spiro atoms. The Hall–Kier alpha value is -2.39. The van der Waals surface area contributed by atoms with Crippen molar-refractivity contribution in [2.45, 2.75) is 36.9 Å². The Balaban J connectivity index is 1.63. The molecule has 9 heteroatoms. The van der Waals surface area contributed by atoms with Crippen LogP contribution in [0.25, 0.3) is 0 Å². The van der Waals surface area contributed by atoms with Gasteiger partial charge >= 0.3 is 5.97 Å². The summed E-state index contributed by atoms with van der Waals surface area (Å²) in [5.74, 6) is -0.994. The lowest BCUT2D eigenvalue weighted by Crippen LogP contribution is -2.50. The molecule has 0 unspecified atom stereocenters. The van der Waals surface area contributed by atoms with E-state index in [9.17, 15) is 14.4 Å². The number of methoxy groups -OCH3 is 1. The van der Waals surface area contributed by atoms with E-state index in [0.29, 0.717) is 15.6 Å². The van der Waals surface area contributed by atoms with Gasteiger partial charge < -0.3 is 15.0 Å². The molecule has 1 aromatic heterocycles. The number of aryl methyl sites for hydroxylation is 1. The Kier molecular flexibility index (Phi) is 4.46. The number of hydrogen-bond donors (Lipinski definition) is 1. The zero-order chi connectivity index (χ0) is 20.2. The Morgan fingerprint density at radius 1 is 1.29 bits per heavy atom. The monoisotopic (exact) mass is 417 g/mol. The summed E-state index contributed by atoms with van der Waals surface area (Å²) in [6, 6.07) is 6.81. The first-order chi connectivity index (χ1) is 13.2. The van der Waals surface area contributed by atoms with Crippen LogP contribution < -0.4 is 5.32 Å². The molecule has 28 heavy (non-hydrogen) atoms. The van der Waals surface area contributed by atoms with Gasteiger partial charge in [-0.2, -0.15) is 0 Å². The van der Waals surface area contributed by atoms with E-state index >= 15 is 0 Å². The summed E-state index contributed by atoms with van der Waals surface area (Å²) in [5, 5.41) is 2.93. The van der Waals surface area contributed by atoms with Gasteiger partial charge in [0.25, 0.3) is 5.91 Å². The molecule has 1 aromatic carbocycles. The largest absolute Gasteiger partial charge is 0.464 e. The molecule has 1 fully saturated rings. The number of esters is 1. The lowest BCUT2D eigenvalue weighted by Gasteiger charge is -2.29. The second-order valence-electron chi connectivity index (χ2n) is 7.18. The molecule has 146 valence electrons. The molecule has 7 nitrogen and oxygen atoms in total. The van der Waals surface area contributed by atoms with Crippen LogP contribution in [-0.4, -0.2) is 45.6 Å². The molecule has 0 aliphatic carbocycles. The van der Waals surface area contributed by atoms with Crippen LogP contribution in [0.4, 0.5) is 5.13 Å². The molecule has 2 aromatic rings. The molecule has 2 amide bonds. The first-order valence-electron chi connectivity index (χ1n) is 8.70. The third kappa shape index (κ3) is 2.80. The van der Waals surface area contributed by atoms with Crippen LogP contribution in [0.5, 0.6) is 0 Å². The Morgan fingerprint density at radius 2 is 2.00 bits per heavy atom. The second-order valence-corrected chi connectivity index (χ2v) is 10.1. The number of benzene rings is 1. The zero-order valence-electron chi connectivity index (χ0n) is 15.8. The van der Waals surface area contributed by atoms with Crippen molar-refractivity contribution in [2.24, 2.45) is 0 Å². The number of carbonyl (C=O) groups excluding carboxylic acids is 3. The summed E-state index contributed by atoms with van der Waals surface area (Å²) in [6.07, 6.45) is 0. The maximum atomic E-state index is 13.2. The highest BCUT2D eigenvalue weighted by Gasteiger charge is 2.57. The standard InChI is InChI=1S/C19H19N3O4S2/c1-9-12(17(25)26-4)20-18(27-9)21-14(23)13-19(2,3)28-16-11-8-6-5-7-10(11)15(24)22(13)16/h5-8,13,16H,1-4H3,(H,20,21,23)/t13-,16+/m1/s1. The topological polar surface area (TPSA) is 88.6 Å². The predicted octanol–water partition coefficient (Wildman–Crippen LogP) is 3.23. The van der Waals surface area contributed by atoms with Gasteiger partial charge in [0.1, 0.15) is 11.4 Å². The minimum absolute atomic E-state index is 0.135. The average Bonchev–Trinajstić information content (AvgIpc) is 3.24. The number of nitrogens with zero attached hydrogens (tertiary/aromatic N) is 2. The van der Waals surface area contributed by atoms with Crippen LogP contribution in [0.3, 0.4) is 0 Å². The van der Waals surface area contributed by atoms with E-state index < -0.39 is 16.8 Å². The Labute approximate surface area is 170 Å². The van der Waals surface area contributed by atoms with Gasteiger partial charge in [0.15, 0.2) is 10.8 Å². The zero-order valence-corrected chi connectivity index (χ0v) is 17.4. The highest BCUT2D eigenvalue weighted by molar-refractivity contribution is 8.01. The molecule has 3 heterocycles. The number of ether oxygens (including phenoxy) is 1. The third-order valence-corrected chi connectivity index (χ3v) is 7.37. The molecule has 1 saturated heterocycles. The summed E-state index contributed by atoms with van der Waals surface area (Å²) >= 11 is 2.81. The van der Waals surface area contributed by atoms with Crippen LogP contribution in [0.15, 0.2) is 24.3 Å². The quantitative estimate of drug-likeness (QED) is 0.772. The summed E-state index contributed by atoms with van der Waals surface area (Å²) in [7, 11) is 1.29. The molecule has 2 atom stereocenters. The number of amides is 2. The maximum absolute atomic E-state index is 13.2. The molecule has 2 aliphatic rings. The van der Waals surface area contributed by atoms with Crippen molar-refractivity contribution < 1.29 is 19.1 Å². The lowest BCUT2D eigenvalue weighted by atomic mass is 10.0. The Morgan fingerprint density at radius 3 is 2.71 bits per heavy atom. The molecule has 0 bridgehead atoms. The van der Waals surface area contributed by atoms with E-state index in [-0.39, 0.29) is 22.9 Å². The van der Waals surface area contributed by atoms with Crippen LogP contribution >= 0.6 is 23.1 Å². The highest BCUT2D eigenvalue weighted by Crippen LogP contribution is 2.56. The SMILES string of the molecule is COC(=O)c1nc(NC(=O)[C@H]2N3C(=O)c4ccccc4[C@@H]3SC2(C)C)sc1C. The van der Waals surface area contributed by atoms with Crippen molar-refractivity contribution in [3.63, 3.8) is 0 Å². The summed E-state index contributed by atoms with van der Waals surface area (Å²) in [5.41, 5.74) is 1.77. The van der Waals surface area contributed by atoms with Gasteiger partial charge in [-0.05, 0) is 32.4 Å². The van der Waals surface area contributed by atoms with Gasteiger partial charge in [-0.3, -0.25) is 9.59 Å². The van der Waals surface area contributed by atoms with Gasteiger partial charge in [0.2, 0.25) is 5.91 Å². The van der Waals surface area contributed by atoms with Crippen molar-refractivity contribution in [1.82, 2.24) is 9.88 Å².